The average molecular weight is 397 g/mol. The number of carbonyl (C=O) groups is 4. The van der Waals surface area contributed by atoms with Gasteiger partial charge in [-0.25, -0.2) is 0 Å². The van der Waals surface area contributed by atoms with Crippen molar-refractivity contribution < 1.29 is 19.2 Å². The van der Waals surface area contributed by atoms with Crippen LogP contribution in [-0.2, 0) is 19.2 Å². The molecule has 0 aromatic rings. The maximum atomic E-state index is 12.9. The number of piperidine rings is 1. The summed E-state index contributed by atoms with van der Waals surface area (Å²) in [5.41, 5.74) is -1.13. The highest BCUT2D eigenvalue weighted by Gasteiger charge is 2.39. The van der Waals surface area contributed by atoms with Gasteiger partial charge in [0.25, 0.3) is 5.91 Å². The van der Waals surface area contributed by atoms with Gasteiger partial charge >= 0.3 is 0 Å². The summed E-state index contributed by atoms with van der Waals surface area (Å²) in [6.45, 7) is 5.67. The third-order valence-electron chi connectivity index (χ3n) is 4.76. The van der Waals surface area contributed by atoms with E-state index in [-0.39, 0.29) is 30.7 Å². The minimum absolute atomic E-state index is 0.143. The standard InChI is InChI=1S/C18H28N4O4S/c1-3-9-18(2,17(26)21-27-13-7-8-13)20-16(25)14-6-4-5-10-22(14)15(24)11-19-12-23/h3,12-14H,1,4-11H2,2H3,(H,19,23)(H,20,25)(H,21,26)/t14?,18-/m1/s1. The predicted octanol–water partition coefficient (Wildman–Crippen LogP) is 0.491. The predicted molar refractivity (Wildman–Crippen MR) is 104 cm³/mol. The fourth-order valence-corrected chi connectivity index (χ4v) is 3.88. The van der Waals surface area contributed by atoms with E-state index in [4.69, 9.17) is 0 Å². The first kappa shape index (κ1) is 21.3. The van der Waals surface area contributed by atoms with Gasteiger partial charge in [0.15, 0.2) is 0 Å². The van der Waals surface area contributed by atoms with Crippen LogP contribution in [0.15, 0.2) is 12.7 Å². The van der Waals surface area contributed by atoms with Gasteiger partial charge in [-0.05, 0) is 57.4 Å². The van der Waals surface area contributed by atoms with Crippen LogP contribution in [0.5, 0.6) is 0 Å². The third kappa shape index (κ3) is 5.98. The normalized spacial score (nSPS) is 21.5. The number of hydrogen-bond donors (Lipinski definition) is 3. The lowest BCUT2D eigenvalue weighted by molar-refractivity contribution is -0.143. The Hall–Kier alpha value is -2.03. The van der Waals surface area contributed by atoms with Crippen LogP contribution < -0.4 is 15.4 Å². The summed E-state index contributed by atoms with van der Waals surface area (Å²) in [6, 6.07) is -0.646. The lowest BCUT2D eigenvalue weighted by Crippen LogP contribution is -2.61. The molecule has 3 N–H and O–H groups in total. The van der Waals surface area contributed by atoms with Gasteiger partial charge in [0, 0.05) is 11.8 Å². The minimum atomic E-state index is -1.13. The Morgan fingerprint density at radius 3 is 2.63 bits per heavy atom. The van der Waals surface area contributed by atoms with Crippen molar-refractivity contribution >= 4 is 36.1 Å². The maximum absolute atomic E-state index is 12.9. The average Bonchev–Trinajstić information content (AvgIpc) is 3.48. The molecule has 2 fully saturated rings. The summed E-state index contributed by atoms with van der Waals surface area (Å²) in [4.78, 5) is 49.8. The van der Waals surface area contributed by atoms with Crippen molar-refractivity contribution in [3.05, 3.63) is 12.7 Å². The Morgan fingerprint density at radius 2 is 2.00 bits per heavy atom. The van der Waals surface area contributed by atoms with Gasteiger partial charge in [0.1, 0.15) is 11.6 Å². The first-order valence-corrected chi connectivity index (χ1v) is 10.1. The van der Waals surface area contributed by atoms with E-state index in [1.165, 1.54) is 16.8 Å². The molecule has 1 saturated carbocycles. The van der Waals surface area contributed by atoms with Crippen molar-refractivity contribution in [3.63, 3.8) is 0 Å². The Kier molecular flexibility index (Phi) is 7.70. The van der Waals surface area contributed by atoms with Crippen LogP contribution in [0.25, 0.3) is 0 Å². The van der Waals surface area contributed by atoms with E-state index in [0.29, 0.717) is 24.6 Å². The molecule has 1 aliphatic carbocycles. The van der Waals surface area contributed by atoms with Gasteiger partial charge < -0.3 is 15.5 Å². The summed E-state index contributed by atoms with van der Waals surface area (Å²) in [6.07, 6.45) is 6.67. The number of nitrogens with zero attached hydrogens (tertiary/aromatic N) is 1. The van der Waals surface area contributed by atoms with Gasteiger partial charge in [-0.15, -0.1) is 6.58 Å². The van der Waals surface area contributed by atoms with E-state index < -0.39 is 11.6 Å². The highest BCUT2D eigenvalue weighted by molar-refractivity contribution is 7.98. The van der Waals surface area contributed by atoms with Crippen molar-refractivity contribution in [2.45, 2.75) is 62.3 Å². The zero-order valence-electron chi connectivity index (χ0n) is 15.7. The smallest absolute Gasteiger partial charge is 0.255 e. The van der Waals surface area contributed by atoms with Gasteiger partial charge in [0.2, 0.25) is 18.2 Å². The molecule has 0 aromatic heterocycles. The lowest BCUT2D eigenvalue weighted by Gasteiger charge is -2.37. The fourth-order valence-electron chi connectivity index (χ4n) is 3.01. The first-order chi connectivity index (χ1) is 12.9. The number of amides is 4. The molecule has 0 spiro atoms. The van der Waals surface area contributed by atoms with Crippen molar-refractivity contribution in [2.24, 2.45) is 0 Å². The minimum Gasteiger partial charge on any atom is -0.350 e. The molecule has 1 saturated heterocycles. The van der Waals surface area contributed by atoms with Crippen molar-refractivity contribution in [1.29, 1.82) is 0 Å². The van der Waals surface area contributed by atoms with Crippen LogP contribution in [0, 0.1) is 0 Å². The maximum Gasteiger partial charge on any atom is 0.255 e. The van der Waals surface area contributed by atoms with Gasteiger partial charge in [-0.1, -0.05) is 6.08 Å². The number of likely N-dealkylation sites (tertiary alicyclic amines) is 1. The van der Waals surface area contributed by atoms with E-state index >= 15 is 0 Å². The second-order valence-electron chi connectivity index (χ2n) is 7.16. The number of carbonyl (C=O) groups excluding carboxylic acids is 4. The Balaban J connectivity index is 2.04. The molecule has 2 atom stereocenters. The zero-order chi connectivity index (χ0) is 19.9. The molecule has 1 heterocycles. The van der Waals surface area contributed by atoms with Crippen LogP contribution >= 0.6 is 11.9 Å². The summed E-state index contributed by atoms with van der Waals surface area (Å²) in [5, 5.41) is 5.62. The summed E-state index contributed by atoms with van der Waals surface area (Å²) >= 11 is 1.39. The van der Waals surface area contributed by atoms with Crippen LogP contribution in [0.4, 0.5) is 0 Å². The molecule has 1 unspecified atom stereocenters. The molecule has 9 heteroatoms. The molecule has 150 valence electrons. The topological polar surface area (TPSA) is 108 Å². The van der Waals surface area contributed by atoms with Crippen LogP contribution in [0.2, 0.25) is 0 Å². The van der Waals surface area contributed by atoms with E-state index in [1.54, 1.807) is 13.0 Å². The molecule has 0 aromatic carbocycles. The van der Waals surface area contributed by atoms with E-state index in [2.05, 4.69) is 21.9 Å². The van der Waals surface area contributed by atoms with Crippen LogP contribution in [0.1, 0.15) is 45.4 Å². The molecule has 8 nitrogen and oxygen atoms in total. The highest BCUT2D eigenvalue weighted by atomic mass is 32.2. The van der Waals surface area contributed by atoms with E-state index in [9.17, 15) is 19.2 Å². The third-order valence-corrected chi connectivity index (χ3v) is 5.87. The zero-order valence-corrected chi connectivity index (χ0v) is 16.5. The monoisotopic (exact) mass is 396 g/mol. The molecular weight excluding hydrogens is 368 g/mol. The van der Waals surface area contributed by atoms with Gasteiger partial charge in [-0.3, -0.25) is 23.9 Å². The molecule has 2 aliphatic rings. The lowest BCUT2D eigenvalue weighted by atomic mass is 9.94. The van der Waals surface area contributed by atoms with Crippen molar-refractivity contribution in [1.82, 2.24) is 20.3 Å². The number of hydrogen-bond acceptors (Lipinski definition) is 5. The van der Waals surface area contributed by atoms with Gasteiger partial charge in [-0.2, -0.15) is 0 Å². The van der Waals surface area contributed by atoms with Crippen molar-refractivity contribution in [3.8, 4) is 0 Å². The quantitative estimate of drug-likeness (QED) is 0.283. The molecule has 2 rings (SSSR count). The molecule has 1 aliphatic heterocycles. The SMILES string of the molecule is C=CC[C@@](C)(NC(=O)C1CCCCN1C(=O)CNC=O)C(=O)NSC1CC1. The first-order valence-electron chi connectivity index (χ1n) is 9.27. The molecular formula is C18H28N4O4S. The van der Waals surface area contributed by atoms with E-state index in [1.807, 2.05) is 0 Å². The van der Waals surface area contributed by atoms with Crippen LogP contribution in [-0.4, -0.2) is 59.0 Å². The molecule has 4 amide bonds. The fraction of sp³-hybridized carbons (Fsp3) is 0.667. The molecule has 27 heavy (non-hydrogen) atoms. The largest absolute Gasteiger partial charge is 0.350 e. The Bertz CT molecular complexity index is 596. The second-order valence-corrected chi connectivity index (χ2v) is 8.27. The summed E-state index contributed by atoms with van der Waals surface area (Å²) in [5.74, 6) is -0.935. The molecule has 0 bridgehead atoms. The second kappa shape index (κ2) is 9.77. The Labute approximate surface area is 164 Å². The van der Waals surface area contributed by atoms with Gasteiger partial charge in [0.05, 0.1) is 6.54 Å². The van der Waals surface area contributed by atoms with E-state index in [0.717, 1.165) is 25.7 Å². The van der Waals surface area contributed by atoms with Crippen LogP contribution in [0.3, 0.4) is 0 Å². The van der Waals surface area contributed by atoms with Crippen molar-refractivity contribution in [2.75, 3.05) is 13.1 Å². The molecule has 0 radical (unpaired) electrons. The number of rotatable bonds is 10. The summed E-state index contributed by atoms with van der Waals surface area (Å²) in [7, 11) is 0. The highest BCUT2D eigenvalue weighted by Crippen LogP contribution is 2.32. The Morgan fingerprint density at radius 1 is 1.26 bits per heavy atom. The summed E-state index contributed by atoms with van der Waals surface area (Å²) < 4.78 is 2.83. The number of nitrogens with one attached hydrogen (secondary N) is 3.